The zero-order valence-electron chi connectivity index (χ0n) is 18.1. The van der Waals surface area contributed by atoms with Crippen LogP contribution in [0.4, 0.5) is 5.69 Å². The fraction of sp³-hybridized carbons (Fsp3) is 0.391. The predicted molar refractivity (Wildman–Crippen MR) is 124 cm³/mol. The van der Waals surface area contributed by atoms with Crippen LogP contribution in [0.25, 0.3) is 0 Å². The van der Waals surface area contributed by atoms with Crippen molar-refractivity contribution in [1.82, 2.24) is 4.31 Å². The number of carbonyl (C=O) groups excluding carboxylic acids is 2. The molecule has 1 aliphatic heterocycles. The molecule has 0 amide bonds. The van der Waals surface area contributed by atoms with Crippen molar-refractivity contribution >= 4 is 39.1 Å². The summed E-state index contributed by atoms with van der Waals surface area (Å²) < 4.78 is 32.6. The molecular formula is C23H27ClN2O5S. The lowest BCUT2D eigenvalue weighted by Crippen LogP contribution is -2.40. The summed E-state index contributed by atoms with van der Waals surface area (Å²) in [5.41, 5.74) is 1.95. The molecule has 1 fully saturated rings. The molecule has 2 aromatic rings. The number of ketones is 1. The molecule has 1 N–H and O–H groups in total. The molecule has 7 nitrogen and oxygen atoms in total. The van der Waals surface area contributed by atoms with E-state index in [1.54, 1.807) is 25.1 Å². The molecule has 1 aliphatic rings. The summed E-state index contributed by atoms with van der Waals surface area (Å²) in [5, 5.41) is 3.62. The maximum absolute atomic E-state index is 13.1. The maximum Gasteiger partial charge on any atom is 0.309 e. The molecule has 1 saturated heterocycles. The van der Waals surface area contributed by atoms with Crippen LogP contribution < -0.4 is 5.32 Å². The van der Waals surface area contributed by atoms with Gasteiger partial charge in [-0.25, -0.2) is 8.42 Å². The van der Waals surface area contributed by atoms with Crippen LogP contribution in [-0.4, -0.2) is 50.7 Å². The number of aryl methyl sites for hydroxylation is 1. The second-order valence-electron chi connectivity index (χ2n) is 7.70. The van der Waals surface area contributed by atoms with E-state index in [-0.39, 0.29) is 42.2 Å². The van der Waals surface area contributed by atoms with Gasteiger partial charge in [-0.15, -0.1) is 0 Å². The highest BCUT2D eigenvalue weighted by Crippen LogP contribution is 2.25. The van der Waals surface area contributed by atoms with Gasteiger partial charge >= 0.3 is 5.97 Å². The van der Waals surface area contributed by atoms with Crippen LogP contribution in [0.5, 0.6) is 0 Å². The van der Waals surface area contributed by atoms with E-state index in [0.717, 1.165) is 5.56 Å². The van der Waals surface area contributed by atoms with Crippen molar-refractivity contribution in [3.63, 3.8) is 0 Å². The van der Waals surface area contributed by atoms with Gasteiger partial charge in [-0.1, -0.05) is 29.8 Å². The lowest BCUT2D eigenvalue weighted by molar-refractivity contribution is -0.149. The first-order valence-electron chi connectivity index (χ1n) is 10.5. The number of halogens is 1. The van der Waals surface area contributed by atoms with Crippen LogP contribution in [-0.2, 0) is 19.6 Å². The first-order chi connectivity index (χ1) is 15.2. The summed E-state index contributed by atoms with van der Waals surface area (Å²) in [6.45, 7) is 4.43. The van der Waals surface area contributed by atoms with Gasteiger partial charge in [-0.05, 0) is 56.5 Å². The molecule has 9 heteroatoms. The Morgan fingerprint density at radius 3 is 2.53 bits per heavy atom. The molecule has 0 radical (unpaired) electrons. The summed E-state index contributed by atoms with van der Waals surface area (Å²) >= 11 is 6.11. The lowest BCUT2D eigenvalue weighted by Gasteiger charge is -2.30. The number of piperidine rings is 1. The molecule has 3 rings (SSSR count). The Hall–Kier alpha value is -2.42. The maximum atomic E-state index is 13.1. The van der Waals surface area contributed by atoms with Crippen molar-refractivity contribution in [2.75, 3.05) is 31.6 Å². The number of rotatable bonds is 8. The first kappa shape index (κ1) is 24.2. The first-order valence-corrected chi connectivity index (χ1v) is 12.3. The van der Waals surface area contributed by atoms with E-state index in [1.807, 2.05) is 19.1 Å². The highest BCUT2D eigenvalue weighted by atomic mass is 35.5. The van der Waals surface area contributed by atoms with E-state index in [4.69, 9.17) is 16.3 Å². The van der Waals surface area contributed by atoms with Crippen LogP contribution >= 0.6 is 11.6 Å². The van der Waals surface area contributed by atoms with Crippen molar-refractivity contribution < 1.29 is 22.7 Å². The fourth-order valence-electron chi connectivity index (χ4n) is 3.56. The molecular weight excluding hydrogens is 452 g/mol. The van der Waals surface area contributed by atoms with Crippen molar-refractivity contribution in [3.05, 3.63) is 58.6 Å². The Bertz CT molecular complexity index is 1100. The number of anilines is 1. The molecule has 0 aliphatic carbocycles. The third-order valence-corrected chi connectivity index (χ3v) is 7.79. The summed E-state index contributed by atoms with van der Waals surface area (Å²) in [6.07, 6.45) is 0.833. The van der Waals surface area contributed by atoms with E-state index in [9.17, 15) is 18.0 Å². The molecule has 0 saturated carbocycles. The molecule has 2 aromatic carbocycles. The number of sulfonamides is 1. The van der Waals surface area contributed by atoms with E-state index < -0.39 is 10.0 Å². The number of hydrogen-bond acceptors (Lipinski definition) is 6. The minimum absolute atomic E-state index is 0.00776. The predicted octanol–water partition coefficient (Wildman–Crippen LogP) is 3.91. The van der Waals surface area contributed by atoms with Crippen molar-refractivity contribution in [2.45, 2.75) is 31.6 Å². The number of ether oxygens (including phenoxy) is 1. The van der Waals surface area contributed by atoms with Crippen molar-refractivity contribution in [3.8, 4) is 0 Å². The number of hydrogen-bond donors (Lipinski definition) is 1. The van der Waals surface area contributed by atoms with E-state index in [1.165, 1.54) is 16.4 Å². The van der Waals surface area contributed by atoms with Gasteiger partial charge in [0.05, 0.1) is 24.0 Å². The lowest BCUT2D eigenvalue weighted by atomic mass is 9.98. The van der Waals surface area contributed by atoms with Gasteiger partial charge in [0.15, 0.2) is 5.78 Å². The SMILES string of the molecule is CCOC(=O)C1CCN(S(=O)(=O)c2cccc(C(=O)CNc3ccc(C)c(Cl)c3)c2)CC1. The average molecular weight is 479 g/mol. The summed E-state index contributed by atoms with van der Waals surface area (Å²) in [7, 11) is -3.77. The minimum atomic E-state index is -3.77. The summed E-state index contributed by atoms with van der Waals surface area (Å²) in [5.74, 6) is -0.796. The monoisotopic (exact) mass is 478 g/mol. The quantitative estimate of drug-likeness (QED) is 0.456. The number of nitrogens with zero attached hydrogens (tertiary/aromatic N) is 1. The molecule has 0 atom stereocenters. The van der Waals surface area contributed by atoms with Gasteiger partial charge in [0.25, 0.3) is 0 Å². The largest absolute Gasteiger partial charge is 0.466 e. The second-order valence-corrected chi connectivity index (χ2v) is 10.0. The van der Waals surface area contributed by atoms with Gasteiger partial charge in [-0.2, -0.15) is 4.31 Å². The number of nitrogens with one attached hydrogen (secondary N) is 1. The fourth-order valence-corrected chi connectivity index (χ4v) is 5.25. The molecule has 0 bridgehead atoms. The Morgan fingerprint density at radius 2 is 1.88 bits per heavy atom. The molecule has 1 heterocycles. The van der Waals surface area contributed by atoms with Gasteiger partial charge in [0.2, 0.25) is 10.0 Å². The van der Waals surface area contributed by atoms with Crippen LogP contribution in [0.15, 0.2) is 47.4 Å². The minimum Gasteiger partial charge on any atom is -0.466 e. The molecule has 172 valence electrons. The number of carbonyl (C=O) groups is 2. The zero-order valence-corrected chi connectivity index (χ0v) is 19.7. The average Bonchev–Trinajstić information content (AvgIpc) is 2.80. The van der Waals surface area contributed by atoms with E-state index >= 15 is 0 Å². The van der Waals surface area contributed by atoms with Crippen molar-refractivity contribution in [1.29, 1.82) is 0 Å². The standard InChI is InChI=1S/C23H27ClN2O5S/c1-3-31-23(28)17-9-11-26(12-10-17)32(29,30)20-6-4-5-18(13-20)22(27)15-25-19-8-7-16(2)21(24)14-19/h4-8,13-14,17,25H,3,9-12,15H2,1-2H3. The smallest absolute Gasteiger partial charge is 0.309 e. The molecule has 0 spiro atoms. The zero-order chi connectivity index (χ0) is 23.3. The van der Waals surface area contributed by atoms with Crippen LogP contribution in [0.2, 0.25) is 5.02 Å². The van der Waals surface area contributed by atoms with Gasteiger partial charge < -0.3 is 10.1 Å². The number of Topliss-reactive ketones (excluding diaryl/α,β-unsaturated/α-hetero) is 1. The molecule has 0 aromatic heterocycles. The van der Waals surface area contributed by atoms with Crippen LogP contribution in [0, 0.1) is 12.8 Å². The summed E-state index contributed by atoms with van der Waals surface area (Å²) in [6, 6.07) is 11.5. The molecule has 32 heavy (non-hydrogen) atoms. The topological polar surface area (TPSA) is 92.8 Å². The van der Waals surface area contributed by atoms with E-state index in [0.29, 0.717) is 35.7 Å². The number of esters is 1. The third kappa shape index (κ3) is 5.68. The Morgan fingerprint density at radius 1 is 1.16 bits per heavy atom. The highest BCUT2D eigenvalue weighted by Gasteiger charge is 2.33. The Labute approximate surface area is 193 Å². The normalized spacial score (nSPS) is 15.3. The van der Waals surface area contributed by atoms with Gasteiger partial charge in [0, 0.05) is 29.4 Å². The third-order valence-electron chi connectivity index (χ3n) is 5.49. The van der Waals surface area contributed by atoms with E-state index in [2.05, 4.69) is 5.32 Å². The van der Waals surface area contributed by atoms with Gasteiger partial charge in [-0.3, -0.25) is 9.59 Å². The number of benzene rings is 2. The van der Waals surface area contributed by atoms with Crippen molar-refractivity contribution in [2.24, 2.45) is 5.92 Å². The summed E-state index contributed by atoms with van der Waals surface area (Å²) in [4.78, 5) is 24.6. The Kier molecular flexibility index (Phi) is 7.92. The van der Waals surface area contributed by atoms with Crippen LogP contribution in [0.3, 0.4) is 0 Å². The second kappa shape index (κ2) is 10.5. The van der Waals surface area contributed by atoms with Crippen LogP contribution in [0.1, 0.15) is 35.7 Å². The highest BCUT2D eigenvalue weighted by molar-refractivity contribution is 7.89. The molecule has 0 unspecified atom stereocenters. The Balaban J connectivity index is 1.66. The van der Waals surface area contributed by atoms with Gasteiger partial charge in [0.1, 0.15) is 0 Å².